The lowest BCUT2D eigenvalue weighted by Crippen LogP contribution is -2.38. The van der Waals surface area contributed by atoms with Crippen LogP contribution in [0.3, 0.4) is 0 Å². The Kier molecular flexibility index (Phi) is 6.08. The number of carbonyl (C=O) groups is 2. The zero-order valence-electron chi connectivity index (χ0n) is 13.6. The van der Waals surface area contributed by atoms with Gasteiger partial charge in [-0.25, -0.2) is 0 Å². The number of likely N-dealkylation sites (N-methyl/N-ethyl adjacent to an activating group) is 2. The third-order valence-electron chi connectivity index (χ3n) is 4.11. The molecule has 122 valence electrons. The van der Waals surface area contributed by atoms with Gasteiger partial charge in [-0.05, 0) is 25.6 Å². The molecule has 0 spiro atoms. The Balaban J connectivity index is 1.76. The maximum atomic E-state index is 11.9. The normalized spacial score (nSPS) is 20.8. The molecule has 1 aliphatic heterocycles. The Morgan fingerprint density at radius 1 is 1.45 bits per heavy atom. The largest absolute Gasteiger partial charge is 0.361 e. The summed E-state index contributed by atoms with van der Waals surface area (Å²) in [5, 5.41) is 3.21. The molecular weight excluding hydrogens is 298 g/mol. The van der Waals surface area contributed by atoms with Gasteiger partial charge >= 0.3 is 0 Å². The van der Waals surface area contributed by atoms with E-state index >= 15 is 0 Å². The second-order valence-corrected chi connectivity index (χ2v) is 6.72. The second kappa shape index (κ2) is 7.83. The molecule has 0 radical (unpaired) electrons. The van der Waals surface area contributed by atoms with Gasteiger partial charge in [0.1, 0.15) is 0 Å². The van der Waals surface area contributed by atoms with Gasteiger partial charge in [-0.1, -0.05) is 31.7 Å². The van der Waals surface area contributed by atoms with E-state index < -0.39 is 0 Å². The summed E-state index contributed by atoms with van der Waals surface area (Å²) in [5.41, 5.74) is 1.03. The lowest BCUT2D eigenvalue weighted by molar-refractivity contribution is -0.122. The number of Topliss-reactive ketones (excluding diaryl/α,β-unsaturated/α-hetero) is 1. The first-order chi connectivity index (χ1) is 10.6. The van der Waals surface area contributed by atoms with Crippen molar-refractivity contribution in [1.29, 1.82) is 0 Å². The van der Waals surface area contributed by atoms with Gasteiger partial charge in [0.15, 0.2) is 5.78 Å². The molecule has 0 saturated heterocycles. The number of hydrogen-bond donors (Lipinski definition) is 1. The van der Waals surface area contributed by atoms with Gasteiger partial charge in [0.25, 0.3) is 0 Å². The Labute approximate surface area is 136 Å². The predicted octanol–water partition coefficient (Wildman–Crippen LogP) is 1.58. The molecule has 1 atom stereocenters. The molecule has 22 heavy (non-hydrogen) atoms. The minimum atomic E-state index is 0.0723. The monoisotopic (exact) mass is 323 g/mol. The van der Waals surface area contributed by atoms with Crippen LogP contribution in [0.25, 0.3) is 0 Å². The Hall–Kier alpha value is -1.27. The van der Waals surface area contributed by atoms with Crippen LogP contribution in [0.1, 0.15) is 26.7 Å². The third kappa shape index (κ3) is 3.93. The summed E-state index contributed by atoms with van der Waals surface area (Å²) in [6.07, 6.45) is 5.29. The molecule has 1 aliphatic carbocycles. The summed E-state index contributed by atoms with van der Waals surface area (Å²) in [4.78, 5) is 28.9. The zero-order valence-corrected chi connectivity index (χ0v) is 14.4. The lowest BCUT2D eigenvalue weighted by atomic mass is 10.1. The Morgan fingerprint density at radius 3 is 2.82 bits per heavy atom. The van der Waals surface area contributed by atoms with E-state index in [0.29, 0.717) is 19.5 Å². The number of nitrogens with zero attached hydrogens (tertiary/aromatic N) is 2. The fraction of sp³-hybridized carbons (Fsp3) is 0.625. The van der Waals surface area contributed by atoms with Crippen molar-refractivity contribution >= 4 is 23.5 Å². The molecular formula is C16H25N3O2S. The van der Waals surface area contributed by atoms with E-state index in [1.807, 2.05) is 19.2 Å². The second-order valence-electron chi connectivity index (χ2n) is 5.53. The van der Waals surface area contributed by atoms with Gasteiger partial charge < -0.3 is 10.2 Å². The van der Waals surface area contributed by atoms with Gasteiger partial charge in [0.2, 0.25) is 5.91 Å². The minimum absolute atomic E-state index is 0.0723. The number of nitrogens with one attached hydrogen (secondary N) is 1. The molecule has 0 saturated carbocycles. The molecule has 0 bridgehead atoms. The summed E-state index contributed by atoms with van der Waals surface area (Å²) >= 11 is 1.63. The van der Waals surface area contributed by atoms with Gasteiger partial charge in [0, 0.05) is 20.0 Å². The van der Waals surface area contributed by atoms with Crippen LogP contribution in [-0.2, 0) is 9.59 Å². The van der Waals surface area contributed by atoms with Gasteiger partial charge in [-0.2, -0.15) is 0 Å². The van der Waals surface area contributed by atoms with E-state index in [2.05, 4.69) is 29.0 Å². The molecule has 0 aromatic rings. The zero-order chi connectivity index (χ0) is 16.1. The maximum Gasteiger partial charge on any atom is 0.234 e. The Morgan fingerprint density at radius 2 is 2.18 bits per heavy atom. The number of rotatable bonds is 7. The van der Waals surface area contributed by atoms with Crippen molar-refractivity contribution < 1.29 is 9.59 Å². The van der Waals surface area contributed by atoms with Crippen LogP contribution in [0.2, 0.25) is 0 Å². The van der Waals surface area contributed by atoms with Crippen LogP contribution in [0, 0.1) is 0 Å². The first-order valence-electron chi connectivity index (χ1n) is 7.89. The number of thioether (sulfide) groups is 1. The van der Waals surface area contributed by atoms with E-state index in [1.165, 1.54) is 0 Å². The Bertz CT molecular complexity index is 498. The molecule has 1 amide bonds. The lowest BCUT2D eigenvalue weighted by Gasteiger charge is -2.23. The van der Waals surface area contributed by atoms with E-state index in [0.717, 1.165) is 30.1 Å². The SMILES string of the molecule is CCN(CC)CC(=O)NCCC1SC2=C(C=CCC2=O)N1C. The highest BCUT2D eigenvalue weighted by molar-refractivity contribution is 8.04. The number of hydrogen-bond acceptors (Lipinski definition) is 5. The smallest absolute Gasteiger partial charge is 0.234 e. The maximum absolute atomic E-state index is 11.9. The van der Waals surface area contributed by atoms with Gasteiger partial charge in [-0.3, -0.25) is 14.5 Å². The van der Waals surface area contributed by atoms with Crippen LogP contribution in [-0.4, -0.2) is 60.1 Å². The highest BCUT2D eigenvalue weighted by Gasteiger charge is 2.33. The highest BCUT2D eigenvalue weighted by Crippen LogP contribution is 2.41. The van der Waals surface area contributed by atoms with E-state index in [-0.39, 0.29) is 17.1 Å². The number of allylic oxidation sites excluding steroid dienone is 3. The molecule has 2 aliphatic rings. The van der Waals surface area contributed by atoms with Crippen LogP contribution >= 0.6 is 11.8 Å². The van der Waals surface area contributed by atoms with Crippen LogP contribution in [0.5, 0.6) is 0 Å². The first-order valence-corrected chi connectivity index (χ1v) is 8.77. The number of carbonyl (C=O) groups excluding carboxylic acids is 2. The fourth-order valence-electron chi connectivity index (χ4n) is 2.66. The van der Waals surface area contributed by atoms with E-state index in [4.69, 9.17) is 0 Å². The van der Waals surface area contributed by atoms with Gasteiger partial charge in [-0.15, -0.1) is 0 Å². The molecule has 1 N–H and O–H groups in total. The van der Waals surface area contributed by atoms with Crippen molar-refractivity contribution in [2.45, 2.75) is 32.1 Å². The fourth-order valence-corrected chi connectivity index (χ4v) is 3.98. The van der Waals surface area contributed by atoms with Crippen molar-refractivity contribution in [3.63, 3.8) is 0 Å². The van der Waals surface area contributed by atoms with Crippen molar-refractivity contribution in [2.24, 2.45) is 0 Å². The third-order valence-corrected chi connectivity index (χ3v) is 5.60. The topological polar surface area (TPSA) is 52.7 Å². The van der Waals surface area contributed by atoms with E-state index in [1.54, 1.807) is 11.8 Å². The quantitative estimate of drug-likeness (QED) is 0.771. The van der Waals surface area contributed by atoms with Crippen LogP contribution in [0.15, 0.2) is 22.8 Å². The molecule has 2 rings (SSSR count). The molecule has 0 fully saturated rings. The van der Waals surface area contributed by atoms with Crippen molar-refractivity contribution in [1.82, 2.24) is 15.1 Å². The van der Waals surface area contributed by atoms with E-state index in [9.17, 15) is 9.59 Å². The standard InChI is InChI=1S/C16H25N3O2S/c1-4-19(5-2)11-14(21)17-10-9-15-18(3)12-7-6-8-13(20)16(12)22-15/h6-7,15H,4-5,8-11H2,1-3H3,(H,17,21). The van der Waals surface area contributed by atoms with Crippen molar-refractivity contribution in [2.75, 3.05) is 33.2 Å². The highest BCUT2D eigenvalue weighted by atomic mass is 32.2. The molecule has 1 heterocycles. The first kappa shape index (κ1) is 17.1. The summed E-state index contributed by atoms with van der Waals surface area (Å²) in [6, 6.07) is 0. The summed E-state index contributed by atoms with van der Waals surface area (Å²) < 4.78 is 0. The molecule has 0 aromatic carbocycles. The summed E-state index contributed by atoms with van der Waals surface area (Å²) in [7, 11) is 2.01. The summed E-state index contributed by atoms with van der Waals surface area (Å²) in [5.74, 6) is 0.283. The predicted molar refractivity (Wildman–Crippen MR) is 90.3 cm³/mol. The van der Waals surface area contributed by atoms with Crippen LogP contribution in [0.4, 0.5) is 0 Å². The average Bonchev–Trinajstić information content (AvgIpc) is 2.83. The summed E-state index contributed by atoms with van der Waals surface area (Å²) in [6.45, 7) is 6.98. The number of amides is 1. The average molecular weight is 323 g/mol. The number of ketones is 1. The molecule has 0 aromatic heterocycles. The minimum Gasteiger partial charge on any atom is -0.361 e. The van der Waals surface area contributed by atoms with Gasteiger partial charge in [0.05, 0.1) is 22.5 Å². The van der Waals surface area contributed by atoms with Crippen molar-refractivity contribution in [3.05, 3.63) is 22.8 Å². The van der Waals surface area contributed by atoms with Crippen LogP contribution < -0.4 is 5.32 Å². The van der Waals surface area contributed by atoms with Crippen molar-refractivity contribution in [3.8, 4) is 0 Å². The molecule has 1 unspecified atom stereocenters. The molecule has 5 nitrogen and oxygen atoms in total. The molecule has 6 heteroatoms.